The molecule has 20 heavy (non-hydrogen) atoms. The van der Waals surface area contributed by atoms with Gasteiger partial charge in [-0.05, 0) is 13.0 Å². The van der Waals surface area contributed by atoms with Crippen LogP contribution in [-0.2, 0) is 9.53 Å². The van der Waals surface area contributed by atoms with Gasteiger partial charge in [-0.1, -0.05) is 0 Å². The molecule has 0 saturated carbocycles. The number of esters is 1. The molecule has 0 radical (unpaired) electrons. The number of halogens is 2. The van der Waals surface area contributed by atoms with Crippen molar-refractivity contribution < 1.29 is 32.6 Å². The maximum absolute atomic E-state index is 12.9. The van der Waals surface area contributed by atoms with Crippen molar-refractivity contribution in [3.63, 3.8) is 0 Å². The predicted octanol–water partition coefficient (Wildman–Crippen LogP) is 2.39. The fourth-order valence-electron chi connectivity index (χ4n) is 1.58. The third kappa shape index (κ3) is 3.23. The van der Waals surface area contributed by atoms with Gasteiger partial charge in [0.1, 0.15) is 11.5 Å². The van der Waals surface area contributed by atoms with Crippen LogP contribution in [0.15, 0.2) is 12.1 Å². The Morgan fingerprint density at radius 1 is 1.15 bits per heavy atom. The first-order valence-corrected chi connectivity index (χ1v) is 5.71. The summed E-state index contributed by atoms with van der Waals surface area (Å²) in [7, 11) is 2.46. The van der Waals surface area contributed by atoms with Crippen LogP contribution in [0.2, 0.25) is 0 Å². The van der Waals surface area contributed by atoms with E-state index in [-0.39, 0.29) is 23.7 Å². The van der Waals surface area contributed by atoms with E-state index in [9.17, 15) is 18.4 Å². The topological polar surface area (TPSA) is 61.8 Å². The zero-order valence-electron chi connectivity index (χ0n) is 11.2. The number of alkyl halides is 2. The van der Waals surface area contributed by atoms with Crippen molar-refractivity contribution in [1.82, 2.24) is 0 Å². The molecule has 0 atom stereocenters. The number of rotatable bonds is 6. The van der Waals surface area contributed by atoms with E-state index < -0.39 is 23.7 Å². The summed E-state index contributed by atoms with van der Waals surface area (Å²) in [5.41, 5.74) is -0.789. The van der Waals surface area contributed by atoms with E-state index in [0.717, 1.165) is 12.1 Å². The lowest BCUT2D eigenvalue weighted by Gasteiger charge is -2.13. The molecule has 0 bridgehead atoms. The SMILES string of the molecule is CCOC(=O)C(=O)c1cc(C(F)F)c(OC)cc1OC. The number of hydrogen-bond donors (Lipinski definition) is 0. The number of hydrogen-bond acceptors (Lipinski definition) is 5. The number of ketones is 1. The first-order valence-electron chi connectivity index (χ1n) is 5.71. The van der Waals surface area contributed by atoms with Crippen molar-refractivity contribution >= 4 is 11.8 Å². The van der Waals surface area contributed by atoms with Gasteiger partial charge in [0, 0.05) is 6.07 Å². The molecule has 0 aromatic heterocycles. The maximum Gasteiger partial charge on any atom is 0.379 e. The van der Waals surface area contributed by atoms with E-state index in [1.54, 1.807) is 0 Å². The summed E-state index contributed by atoms with van der Waals surface area (Å²) in [4.78, 5) is 23.2. The van der Waals surface area contributed by atoms with Crippen molar-refractivity contribution in [2.75, 3.05) is 20.8 Å². The molecule has 1 aromatic carbocycles. The van der Waals surface area contributed by atoms with Gasteiger partial charge in [0.2, 0.25) is 0 Å². The molecule has 5 nitrogen and oxygen atoms in total. The van der Waals surface area contributed by atoms with E-state index in [1.165, 1.54) is 21.1 Å². The van der Waals surface area contributed by atoms with Crippen molar-refractivity contribution in [3.05, 3.63) is 23.3 Å². The third-order valence-electron chi connectivity index (χ3n) is 2.49. The van der Waals surface area contributed by atoms with Gasteiger partial charge in [-0.15, -0.1) is 0 Å². The Balaban J connectivity index is 3.34. The molecule has 0 aliphatic rings. The number of carbonyl (C=O) groups is 2. The minimum absolute atomic E-state index is 0.00471. The molecule has 7 heteroatoms. The van der Waals surface area contributed by atoms with Gasteiger partial charge < -0.3 is 14.2 Å². The number of methoxy groups -OCH3 is 2. The van der Waals surface area contributed by atoms with Gasteiger partial charge >= 0.3 is 5.97 Å². The maximum atomic E-state index is 12.9. The van der Waals surface area contributed by atoms with Crippen LogP contribution in [0.5, 0.6) is 11.5 Å². The molecule has 1 aromatic rings. The Kier molecular flexibility index (Phi) is 5.42. The van der Waals surface area contributed by atoms with Gasteiger partial charge in [-0.25, -0.2) is 13.6 Å². The lowest BCUT2D eigenvalue weighted by atomic mass is 10.0. The van der Waals surface area contributed by atoms with E-state index in [4.69, 9.17) is 9.47 Å². The summed E-state index contributed by atoms with van der Waals surface area (Å²) < 4.78 is 40.1. The van der Waals surface area contributed by atoms with Gasteiger partial charge in [-0.3, -0.25) is 4.79 Å². The smallest absolute Gasteiger partial charge is 0.379 e. The molecule has 0 amide bonds. The molecule has 0 spiro atoms. The Morgan fingerprint density at radius 2 is 1.75 bits per heavy atom. The van der Waals surface area contributed by atoms with Gasteiger partial charge in [0.15, 0.2) is 0 Å². The van der Waals surface area contributed by atoms with Crippen molar-refractivity contribution in [2.45, 2.75) is 13.3 Å². The van der Waals surface area contributed by atoms with Crippen LogP contribution in [0.3, 0.4) is 0 Å². The average Bonchev–Trinajstić information content (AvgIpc) is 2.44. The monoisotopic (exact) mass is 288 g/mol. The average molecular weight is 288 g/mol. The number of carbonyl (C=O) groups excluding carboxylic acids is 2. The molecule has 0 unspecified atom stereocenters. The summed E-state index contributed by atoms with van der Waals surface area (Å²) in [5, 5.41) is 0. The zero-order valence-corrected chi connectivity index (χ0v) is 11.2. The Labute approximate surface area is 114 Å². The van der Waals surface area contributed by atoms with Crippen LogP contribution in [0, 0.1) is 0 Å². The largest absolute Gasteiger partial charge is 0.496 e. The van der Waals surface area contributed by atoms with Gasteiger partial charge in [0.05, 0.1) is 32.0 Å². The van der Waals surface area contributed by atoms with E-state index >= 15 is 0 Å². The minimum atomic E-state index is -2.86. The summed E-state index contributed by atoms with van der Waals surface area (Å²) >= 11 is 0. The summed E-state index contributed by atoms with van der Waals surface area (Å²) in [6.45, 7) is 1.53. The Bertz CT molecular complexity index is 514. The Morgan fingerprint density at radius 3 is 2.20 bits per heavy atom. The quantitative estimate of drug-likeness (QED) is 0.457. The van der Waals surface area contributed by atoms with Crippen molar-refractivity contribution in [2.24, 2.45) is 0 Å². The predicted molar refractivity (Wildman–Crippen MR) is 65.5 cm³/mol. The molecule has 0 saturated heterocycles. The molecule has 0 aliphatic carbocycles. The molecule has 0 heterocycles. The molecule has 1 rings (SSSR count). The fraction of sp³-hybridized carbons (Fsp3) is 0.385. The highest BCUT2D eigenvalue weighted by Crippen LogP contribution is 2.35. The molecule has 0 aliphatic heterocycles. The lowest BCUT2D eigenvalue weighted by molar-refractivity contribution is -0.137. The van der Waals surface area contributed by atoms with E-state index in [2.05, 4.69) is 4.74 Å². The molecular weight excluding hydrogens is 274 g/mol. The van der Waals surface area contributed by atoms with Crippen LogP contribution in [-0.4, -0.2) is 32.6 Å². The summed E-state index contributed by atoms with van der Waals surface area (Å²) in [6, 6.07) is 2.01. The zero-order chi connectivity index (χ0) is 15.3. The Hall–Kier alpha value is -2.18. The highest BCUT2D eigenvalue weighted by atomic mass is 19.3. The second kappa shape index (κ2) is 6.83. The molecular formula is C13H14F2O5. The normalized spacial score (nSPS) is 10.3. The highest BCUT2D eigenvalue weighted by Gasteiger charge is 2.26. The van der Waals surface area contributed by atoms with Crippen LogP contribution in [0.1, 0.15) is 29.3 Å². The first kappa shape index (κ1) is 15.9. The van der Waals surface area contributed by atoms with Crippen LogP contribution in [0.25, 0.3) is 0 Å². The summed E-state index contributed by atoms with van der Waals surface area (Å²) in [6.07, 6.45) is -2.86. The van der Waals surface area contributed by atoms with Crippen LogP contribution in [0.4, 0.5) is 8.78 Å². The standard InChI is InChI=1S/C13H14F2O5/c1-4-20-13(17)11(16)7-5-8(12(14)15)10(19-3)6-9(7)18-2/h5-6,12H,4H2,1-3H3. The van der Waals surface area contributed by atoms with E-state index in [0.29, 0.717) is 0 Å². The molecule has 110 valence electrons. The minimum Gasteiger partial charge on any atom is -0.496 e. The van der Waals surface area contributed by atoms with Gasteiger partial charge in [-0.2, -0.15) is 0 Å². The first-order chi connectivity index (χ1) is 9.46. The van der Waals surface area contributed by atoms with Crippen LogP contribution < -0.4 is 9.47 Å². The summed E-state index contributed by atoms with van der Waals surface area (Å²) in [5.74, 6) is -2.34. The fourth-order valence-corrected chi connectivity index (χ4v) is 1.58. The highest BCUT2D eigenvalue weighted by molar-refractivity contribution is 6.41. The molecule has 0 N–H and O–H groups in total. The number of Topliss-reactive ketones (excluding diaryl/α,β-unsaturated/α-hetero) is 1. The van der Waals surface area contributed by atoms with Gasteiger partial charge in [0.25, 0.3) is 12.2 Å². The van der Waals surface area contributed by atoms with Crippen molar-refractivity contribution in [1.29, 1.82) is 0 Å². The third-order valence-corrected chi connectivity index (χ3v) is 2.49. The van der Waals surface area contributed by atoms with E-state index in [1.807, 2.05) is 0 Å². The van der Waals surface area contributed by atoms with Crippen molar-refractivity contribution in [3.8, 4) is 11.5 Å². The lowest BCUT2D eigenvalue weighted by Crippen LogP contribution is -2.18. The molecule has 0 fully saturated rings. The second-order valence-corrected chi connectivity index (χ2v) is 3.64. The van der Waals surface area contributed by atoms with Crippen LogP contribution >= 0.6 is 0 Å². The number of ether oxygens (including phenoxy) is 3. The number of benzene rings is 1. The second-order valence-electron chi connectivity index (χ2n) is 3.64.